The molecule has 21 heavy (non-hydrogen) atoms. The average molecular weight is 280 g/mol. The van der Waals surface area contributed by atoms with Gasteiger partial charge in [-0.2, -0.15) is 0 Å². The summed E-state index contributed by atoms with van der Waals surface area (Å²) in [6.07, 6.45) is 5.19. The van der Waals surface area contributed by atoms with Crippen LogP contribution in [0.5, 0.6) is 0 Å². The van der Waals surface area contributed by atoms with Crippen molar-refractivity contribution < 1.29 is 4.79 Å². The van der Waals surface area contributed by atoms with E-state index in [0.29, 0.717) is 12.3 Å². The minimum absolute atomic E-state index is 0.184. The van der Waals surface area contributed by atoms with E-state index in [1.165, 1.54) is 5.56 Å². The van der Waals surface area contributed by atoms with Gasteiger partial charge >= 0.3 is 0 Å². The zero-order valence-corrected chi connectivity index (χ0v) is 12.6. The predicted molar refractivity (Wildman–Crippen MR) is 83.4 cm³/mol. The van der Waals surface area contributed by atoms with Crippen LogP contribution in [-0.4, -0.2) is 15.8 Å². The first-order chi connectivity index (χ1) is 10.1. The minimum atomic E-state index is 0.184. The molecule has 1 aromatic heterocycles. The van der Waals surface area contributed by atoms with Gasteiger partial charge in [0.1, 0.15) is 0 Å². The Hall–Kier alpha value is -2.03. The number of Topliss-reactive ketones (excluding diaryl/α,β-unsaturated/α-hetero) is 1. The van der Waals surface area contributed by atoms with Gasteiger partial charge in [0, 0.05) is 18.2 Å². The molecule has 3 nitrogen and oxygen atoms in total. The van der Waals surface area contributed by atoms with Crippen molar-refractivity contribution >= 4 is 5.78 Å². The van der Waals surface area contributed by atoms with Gasteiger partial charge in [-0.25, -0.2) is 9.97 Å². The average Bonchev–Trinajstić information content (AvgIpc) is 2.69. The van der Waals surface area contributed by atoms with Crippen LogP contribution in [0.1, 0.15) is 60.6 Å². The molecule has 1 heterocycles. The maximum atomic E-state index is 12.0. The summed E-state index contributed by atoms with van der Waals surface area (Å²) in [6, 6.07) is 8.38. The van der Waals surface area contributed by atoms with Gasteiger partial charge < -0.3 is 0 Å². The van der Waals surface area contributed by atoms with Crippen molar-refractivity contribution in [2.24, 2.45) is 0 Å². The summed E-state index contributed by atoms with van der Waals surface area (Å²) in [5, 5.41) is 0. The van der Waals surface area contributed by atoms with Gasteiger partial charge in [-0.3, -0.25) is 4.79 Å². The molecule has 1 aliphatic carbocycles. The minimum Gasteiger partial charge on any atom is -0.294 e. The third kappa shape index (κ3) is 2.87. The van der Waals surface area contributed by atoms with Crippen molar-refractivity contribution in [2.75, 3.05) is 0 Å². The van der Waals surface area contributed by atoms with E-state index in [0.717, 1.165) is 41.9 Å². The molecule has 1 aliphatic rings. The topological polar surface area (TPSA) is 42.9 Å². The van der Waals surface area contributed by atoms with Gasteiger partial charge in [0.2, 0.25) is 0 Å². The first kappa shape index (κ1) is 13.9. The third-order valence-electron chi connectivity index (χ3n) is 4.07. The molecule has 0 atom stereocenters. The number of carbonyl (C=O) groups excluding carboxylic acids is 1. The second-order valence-corrected chi connectivity index (χ2v) is 5.96. The maximum Gasteiger partial charge on any atom is 0.166 e. The monoisotopic (exact) mass is 280 g/mol. The van der Waals surface area contributed by atoms with E-state index in [2.05, 4.69) is 48.1 Å². The molecule has 3 heteroatoms. The second kappa shape index (κ2) is 5.76. The Labute approximate surface area is 125 Å². The lowest BCUT2D eigenvalue weighted by atomic mass is 10.0. The first-order valence-electron chi connectivity index (χ1n) is 7.64. The molecule has 0 fully saturated rings. The summed E-state index contributed by atoms with van der Waals surface area (Å²) in [6.45, 7) is 4.36. The number of hydrogen-bond acceptors (Lipinski definition) is 3. The van der Waals surface area contributed by atoms with Gasteiger partial charge in [0.15, 0.2) is 11.6 Å². The van der Waals surface area contributed by atoms with Crippen molar-refractivity contribution in [2.45, 2.75) is 45.4 Å². The fourth-order valence-corrected chi connectivity index (χ4v) is 2.71. The highest BCUT2D eigenvalue weighted by molar-refractivity contribution is 5.97. The smallest absolute Gasteiger partial charge is 0.166 e. The number of ketones is 1. The van der Waals surface area contributed by atoms with Gasteiger partial charge in [-0.1, -0.05) is 38.1 Å². The third-order valence-corrected chi connectivity index (χ3v) is 4.07. The number of carbonyl (C=O) groups is 1. The largest absolute Gasteiger partial charge is 0.294 e. The van der Waals surface area contributed by atoms with Crippen molar-refractivity contribution in [3.63, 3.8) is 0 Å². The molecular weight excluding hydrogens is 260 g/mol. The van der Waals surface area contributed by atoms with Gasteiger partial charge in [0.25, 0.3) is 0 Å². The SMILES string of the molecule is CC(C)c1ccc(-c2ncc3c(n2)CCCCC3=O)cc1. The molecule has 0 radical (unpaired) electrons. The predicted octanol–water partition coefficient (Wildman–Crippen LogP) is 4.18. The molecular formula is C18H20N2O. The van der Waals surface area contributed by atoms with Crippen LogP contribution < -0.4 is 0 Å². The molecule has 0 spiro atoms. The van der Waals surface area contributed by atoms with Crippen molar-refractivity contribution in [3.8, 4) is 11.4 Å². The molecule has 108 valence electrons. The Morgan fingerprint density at radius 3 is 2.48 bits per heavy atom. The lowest BCUT2D eigenvalue weighted by Crippen LogP contribution is -2.05. The number of rotatable bonds is 2. The Morgan fingerprint density at radius 1 is 1.05 bits per heavy atom. The van der Waals surface area contributed by atoms with Crippen molar-refractivity contribution in [3.05, 3.63) is 47.3 Å². The highest BCUT2D eigenvalue weighted by Crippen LogP contribution is 2.23. The van der Waals surface area contributed by atoms with E-state index >= 15 is 0 Å². The quantitative estimate of drug-likeness (QED) is 0.775. The van der Waals surface area contributed by atoms with E-state index in [9.17, 15) is 4.79 Å². The molecule has 0 unspecified atom stereocenters. The van der Waals surface area contributed by atoms with Crippen molar-refractivity contribution in [1.82, 2.24) is 9.97 Å². The zero-order valence-electron chi connectivity index (χ0n) is 12.6. The molecule has 0 saturated heterocycles. The number of fused-ring (bicyclic) bond motifs is 1. The van der Waals surface area contributed by atoms with Crippen LogP contribution in [0.2, 0.25) is 0 Å². The Bertz CT molecular complexity index is 659. The highest BCUT2D eigenvalue weighted by atomic mass is 16.1. The maximum absolute atomic E-state index is 12.0. The summed E-state index contributed by atoms with van der Waals surface area (Å²) in [4.78, 5) is 21.0. The molecule has 0 saturated carbocycles. The Balaban J connectivity index is 1.96. The van der Waals surface area contributed by atoms with Crippen LogP contribution in [0.25, 0.3) is 11.4 Å². The van der Waals surface area contributed by atoms with Gasteiger partial charge in [0.05, 0.1) is 11.3 Å². The van der Waals surface area contributed by atoms with Crippen LogP contribution in [-0.2, 0) is 6.42 Å². The molecule has 2 aromatic rings. The number of aryl methyl sites for hydroxylation is 1. The van der Waals surface area contributed by atoms with Crippen molar-refractivity contribution in [1.29, 1.82) is 0 Å². The van der Waals surface area contributed by atoms with Crippen LogP contribution >= 0.6 is 0 Å². The molecule has 0 amide bonds. The second-order valence-electron chi connectivity index (χ2n) is 5.96. The molecule has 0 aliphatic heterocycles. The normalized spacial score (nSPS) is 14.9. The summed E-state index contributed by atoms with van der Waals surface area (Å²) in [5.74, 6) is 1.42. The molecule has 1 aromatic carbocycles. The van der Waals surface area contributed by atoms with Gasteiger partial charge in [-0.05, 0) is 30.7 Å². The lowest BCUT2D eigenvalue weighted by Gasteiger charge is -2.08. The lowest BCUT2D eigenvalue weighted by molar-refractivity contribution is 0.0981. The zero-order chi connectivity index (χ0) is 14.8. The summed E-state index contributed by atoms with van der Waals surface area (Å²) in [7, 11) is 0. The van der Waals surface area contributed by atoms with Gasteiger partial charge in [-0.15, -0.1) is 0 Å². The Morgan fingerprint density at radius 2 is 1.76 bits per heavy atom. The standard InChI is InChI=1S/C18H20N2O/c1-12(2)13-7-9-14(10-8-13)18-19-11-15-16(20-18)5-3-4-6-17(15)21/h7-12H,3-6H2,1-2H3. The molecule has 3 rings (SSSR count). The van der Waals surface area contributed by atoms with Crippen LogP contribution in [0.3, 0.4) is 0 Å². The first-order valence-corrected chi connectivity index (χ1v) is 7.64. The molecule has 0 bridgehead atoms. The summed E-state index contributed by atoms with van der Waals surface area (Å²) >= 11 is 0. The van der Waals surface area contributed by atoms with E-state index in [1.54, 1.807) is 6.20 Å². The highest BCUT2D eigenvalue weighted by Gasteiger charge is 2.18. The molecule has 0 N–H and O–H groups in total. The van der Waals surface area contributed by atoms with Crippen LogP contribution in [0, 0.1) is 0 Å². The fourth-order valence-electron chi connectivity index (χ4n) is 2.71. The number of nitrogens with zero attached hydrogens (tertiary/aromatic N) is 2. The summed E-state index contributed by atoms with van der Waals surface area (Å²) < 4.78 is 0. The van der Waals surface area contributed by atoms with E-state index in [4.69, 9.17) is 0 Å². The van der Waals surface area contributed by atoms with E-state index in [-0.39, 0.29) is 5.78 Å². The van der Waals surface area contributed by atoms with E-state index in [1.807, 2.05) is 0 Å². The number of hydrogen-bond donors (Lipinski definition) is 0. The number of benzene rings is 1. The summed E-state index contributed by atoms with van der Waals surface area (Å²) in [5.41, 5.74) is 3.95. The van der Waals surface area contributed by atoms with Crippen LogP contribution in [0.15, 0.2) is 30.5 Å². The fraction of sp³-hybridized carbons (Fsp3) is 0.389. The van der Waals surface area contributed by atoms with E-state index < -0.39 is 0 Å². The Kier molecular flexibility index (Phi) is 3.82. The van der Waals surface area contributed by atoms with Crippen LogP contribution in [0.4, 0.5) is 0 Å². The number of aromatic nitrogens is 2.